The molecule has 1 aromatic carbocycles. The molecular weight excluding hydrogens is 361 g/mol. The van der Waals surface area contributed by atoms with Crippen molar-refractivity contribution in [2.75, 3.05) is 26.2 Å². The summed E-state index contributed by atoms with van der Waals surface area (Å²) in [6.45, 7) is 7.95. The number of nitrogens with zero attached hydrogens (tertiary/aromatic N) is 2. The Morgan fingerprint density at radius 2 is 1.68 bits per heavy atom. The van der Waals surface area contributed by atoms with Gasteiger partial charge in [-0.3, -0.25) is 14.4 Å². The van der Waals surface area contributed by atoms with Gasteiger partial charge in [-0.15, -0.1) is 0 Å². The van der Waals surface area contributed by atoms with Gasteiger partial charge in [0.15, 0.2) is 0 Å². The summed E-state index contributed by atoms with van der Waals surface area (Å²) in [5, 5.41) is 2.87. The summed E-state index contributed by atoms with van der Waals surface area (Å²) < 4.78 is 13.1. The van der Waals surface area contributed by atoms with Gasteiger partial charge in [0.05, 0.1) is 0 Å². The van der Waals surface area contributed by atoms with Crippen molar-refractivity contribution >= 4 is 17.7 Å². The van der Waals surface area contributed by atoms with E-state index in [1.165, 1.54) is 24.3 Å². The average Bonchev–Trinajstić information content (AvgIpc) is 2.72. The second-order valence-corrected chi connectivity index (χ2v) is 7.04. The fourth-order valence-corrected chi connectivity index (χ4v) is 3.64. The molecule has 0 aliphatic carbocycles. The highest BCUT2D eigenvalue weighted by Gasteiger charge is 2.35. The molecule has 1 aliphatic rings. The predicted molar refractivity (Wildman–Crippen MR) is 105 cm³/mol. The number of benzene rings is 1. The normalized spacial score (nSPS) is 15.8. The number of likely N-dealkylation sites (tertiary alicyclic amines) is 1. The Labute approximate surface area is 166 Å². The number of likely N-dealkylation sites (N-methyl/N-ethyl adjacent to an activating group) is 1. The summed E-state index contributed by atoms with van der Waals surface area (Å²) in [6.07, 6.45) is 1.79. The molecule has 0 aromatic heterocycles. The van der Waals surface area contributed by atoms with E-state index in [0.717, 1.165) is 0 Å². The molecule has 2 rings (SSSR count). The minimum absolute atomic E-state index is 0.0431. The molecular formula is C21H30FN3O3. The van der Waals surface area contributed by atoms with Crippen LogP contribution in [0.15, 0.2) is 24.3 Å². The van der Waals surface area contributed by atoms with Crippen LogP contribution in [-0.4, -0.2) is 59.7 Å². The Bertz CT molecular complexity index is 681. The van der Waals surface area contributed by atoms with E-state index in [1.54, 1.807) is 4.90 Å². The highest BCUT2D eigenvalue weighted by atomic mass is 19.1. The molecule has 1 N–H and O–H groups in total. The Hall–Kier alpha value is -2.44. The fourth-order valence-electron chi connectivity index (χ4n) is 3.64. The molecule has 1 aliphatic heterocycles. The summed E-state index contributed by atoms with van der Waals surface area (Å²) >= 11 is 0. The molecule has 1 aromatic rings. The molecule has 0 saturated carbocycles. The second-order valence-electron chi connectivity index (χ2n) is 7.04. The van der Waals surface area contributed by atoms with Crippen molar-refractivity contribution in [3.05, 3.63) is 35.6 Å². The van der Waals surface area contributed by atoms with Crippen LogP contribution < -0.4 is 5.32 Å². The molecule has 1 fully saturated rings. The van der Waals surface area contributed by atoms with Crippen molar-refractivity contribution in [3.63, 3.8) is 0 Å². The number of carbonyl (C=O) groups is 3. The van der Waals surface area contributed by atoms with Crippen LogP contribution in [0.1, 0.15) is 50.4 Å². The third-order valence-corrected chi connectivity index (χ3v) is 5.40. The molecule has 3 amide bonds. The topological polar surface area (TPSA) is 69.7 Å². The first-order valence-electron chi connectivity index (χ1n) is 10.0. The lowest BCUT2D eigenvalue weighted by Gasteiger charge is -2.37. The number of hydrogen-bond acceptors (Lipinski definition) is 3. The van der Waals surface area contributed by atoms with E-state index >= 15 is 0 Å². The van der Waals surface area contributed by atoms with Gasteiger partial charge in [0.2, 0.25) is 11.8 Å². The van der Waals surface area contributed by atoms with E-state index in [2.05, 4.69) is 5.32 Å². The maximum Gasteiger partial charge on any atom is 0.251 e. The monoisotopic (exact) mass is 391 g/mol. The predicted octanol–water partition coefficient (Wildman–Crippen LogP) is 2.44. The molecule has 0 radical (unpaired) electrons. The smallest absolute Gasteiger partial charge is 0.251 e. The standard InChI is InChI=1S/C21H30FN3O3/c1-4-18(26)25-13-11-15(12-14-25)19(21(28)24(5-2)6-3)23-20(27)16-7-9-17(22)10-8-16/h7-10,15,19H,4-6,11-14H2,1-3H3,(H,23,27)/t19-/m1/s1. The Balaban J connectivity index is 2.15. The first-order chi connectivity index (χ1) is 13.4. The third-order valence-electron chi connectivity index (χ3n) is 5.40. The quantitative estimate of drug-likeness (QED) is 0.776. The Morgan fingerprint density at radius 3 is 2.18 bits per heavy atom. The number of halogens is 1. The first-order valence-corrected chi connectivity index (χ1v) is 10.0. The highest BCUT2D eigenvalue weighted by molar-refractivity contribution is 5.97. The molecule has 0 unspecified atom stereocenters. The van der Waals surface area contributed by atoms with Gasteiger partial charge in [-0.1, -0.05) is 6.92 Å². The average molecular weight is 391 g/mol. The lowest BCUT2D eigenvalue weighted by molar-refractivity contribution is -0.135. The summed E-state index contributed by atoms with van der Waals surface area (Å²) in [5.41, 5.74) is 0.317. The molecule has 154 valence electrons. The van der Waals surface area contributed by atoms with Gasteiger partial charge < -0.3 is 15.1 Å². The van der Waals surface area contributed by atoms with E-state index in [9.17, 15) is 18.8 Å². The van der Waals surface area contributed by atoms with Gasteiger partial charge in [0, 0.05) is 38.2 Å². The molecule has 7 heteroatoms. The molecule has 1 atom stereocenters. The minimum Gasteiger partial charge on any atom is -0.343 e. The van der Waals surface area contributed by atoms with Gasteiger partial charge in [-0.25, -0.2) is 4.39 Å². The van der Waals surface area contributed by atoms with Crippen LogP contribution in [0, 0.1) is 11.7 Å². The lowest BCUT2D eigenvalue weighted by Crippen LogP contribution is -2.54. The zero-order valence-electron chi connectivity index (χ0n) is 16.9. The van der Waals surface area contributed by atoms with Crippen LogP contribution in [0.25, 0.3) is 0 Å². The fraction of sp³-hybridized carbons (Fsp3) is 0.571. The van der Waals surface area contributed by atoms with E-state index in [0.29, 0.717) is 51.0 Å². The van der Waals surface area contributed by atoms with Crippen molar-refractivity contribution in [1.82, 2.24) is 15.1 Å². The lowest BCUT2D eigenvalue weighted by atomic mass is 9.88. The van der Waals surface area contributed by atoms with Gasteiger partial charge in [0.25, 0.3) is 5.91 Å². The van der Waals surface area contributed by atoms with Crippen molar-refractivity contribution < 1.29 is 18.8 Å². The van der Waals surface area contributed by atoms with Gasteiger partial charge >= 0.3 is 0 Å². The highest BCUT2D eigenvalue weighted by Crippen LogP contribution is 2.23. The first kappa shape index (κ1) is 21.9. The van der Waals surface area contributed by atoms with Crippen LogP contribution in [0.4, 0.5) is 4.39 Å². The summed E-state index contributed by atoms with van der Waals surface area (Å²) in [6, 6.07) is 4.62. The van der Waals surface area contributed by atoms with E-state index < -0.39 is 17.8 Å². The molecule has 0 spiro atoms. The maximum atomic E-state index is 13.1. The SMILES string of the molecule is CCC(=O)N1CCC([C@@H](NC(=O)c2ccc(F)cc2)C(=O)N(CC)CC)CC1. The number of amides is 3. The van der Waals surface area contributed by atoms with Crippen LogP contribution in [-0.2, 0) is 9.59 Å². The summed E-state index contributed by atoms with van der Waals surface area (Å²) in [4.78, 5) is 41.2. The van der Waals surface area contributed by atoms with Gasteiger partial charge in [-0.05, 0) is 56.9 Å². The zero-order valence-corrected chi connectivity index (χ0v) is 16.9. The van der Waals surface area contributed by atoms with Crippen LogP contribution in [0.3, 0.4) is 0 Å². The minimum atomic E-state index is -0.656. The third kappa shape index (κ3) is 5.30. The molecule has 6 nitrogen and oxygen atoms in total. The van der Waals surface area contributed by atoms with Crippen molar-refractivity contribution in [1.29, 1.82) is 0 Å². The Morgan fingerprint density at radius 1 is 1.11 bits per heavy atom. The summed E-state index contributed by atoms with van der Waals surface area (Å²) in [7, 11) is 0. The largest absolute Gasteiger partial charge is 0.343 e. The second kappa shape index (κ2) is 10.2. The summed E-state index contributed by atoms with van der Waals surface area (Å²) in [5.74, 6) is -0.850. The number of rotatable bonds is 7. The van der Waals surface area contributed by atoms with Gasteiger partial charge in [0.1, 0.15) is 11.9 Å². The van der Waals surface area contributed by atoms with E-state index in [4.69, 9.17) is 0 Å². The molecule has 0 bridgehead atoms. The number of piperidine rings is 1. The van der Waals surface area contributed by atoms with Crippen LogP contribution in [0.2, 0.25) is 0 Å². The van der Waals surface area contributed by atoms with Crippen molar-refractivity contribution in [3.8, 4) is 0 Å². The number of nitrogens with one attached hydrogen (secondary N) is 1. The van der Waals surface area contributed by atoms with Gasteiger partial charge in [-0.2, -0.15) is 0 Å². The van der Waals surface area contributed by atoms with Crippen molar-refractivity contribution in [2.24, 2.45) is 5.92 Å². The van der Waals surface area contributed by atoms with Crippen molar-refractivity contribution in [2.45, 2.75) is 46.1 Å². The van der Waals surface area contributed by atoms with Crippen LogP contribution in [0.5, 0.6) is 0 Å². The zero-order chi connectivity index (χ0) is 20.7. The number of hydrogen-bond donors (Lipinski definition) is 1. The molecule has 1 heterocycles. The van der Waals surface area contributed by atoms with Crippen LogP contribution >= 0.6 is 0 Å². The Kier molecular flexibility index (Phi) is 7.96. The molecule has 28 heavy (non-hydrogen) atoms. The van der Waals surface area contributed by atoms with E-state index in [-0.39, 0.29) is 17.7 Å². The van der Waals surface area contributed by atoms with E-state index in [1.807, 2.05) is 25.7 Å². The molecule has 1 saturated heterocycles. The maximum absolute atomic E-state index is 13.1. The number of carbonyl (C=O) groups excluding carboxylic acids is 3.